The van der Waals surface area contributed by atoms with E-state index in [1.165, 1.54) is 21.1 Å². The normalized spacial score (nSPS) is 38.1. The van der Waals surface area contributed by atoms with Gasteiger partial charge in [-0.3, -0.25) is 24.0 Å². The highest BCUT2D eigenvalue weighted by atomic mass is 16.6. The van der Waals surface area contributed by atoms with Crippen molar-refractivity contribution in [1.29, 1.82) is 0 Å². The van der Waals surface area contributed by atoms with Crippen LogP contribution in [0.1, 0.15) is 126 Å². The third-order valence-corrected chi connectivity index (χ3v) is 16.0. The molecule has 3 aliphatic heterocycles. The summed E-state index contributed by atoms with van der Waals surface area (Å²) >= 11 is 0. The lowest BCUT2D eigenvalue weighted by molar-refractivity contribution is -0.265. The summed E-state index contributed by atoms with van der Waals surface area (Å²) in [7, 11) is 4.38. The smallest absolute Gasteiger partial charge is 0.329 e. The third kappa shape index (κ3) is 16.0. The van der Waals surface area contributed by atoms with Crippen LogP contribution in [-0.4, -0.2) is 167 Å². The topological polar surface area (TPSA) is 262 Å². The Kier molecular flexibility index (Phi) is 24.0. The molecule has 3 heterocycles. The monoisotopic (exact) mass is 1050 g/mol. The van der Waals surface area contributed by atoms with E-state index >= 15 is 0 Å². The molecule has 0 aromatic heterocycles. The Morgan fingerprint density at radius 3 is 2.18 bits per heavy atom. The first kappa shape index (κ1) is 62.6. The van der Waals surface area contributed by atoms with Gasteiger partial charge in [0.2, 0.25) is 5.79 Å². The van der Waals surface area contributed by atoms with Gasteiger partial charge < -0.3 is 58.9 Å². The molecule has 4 aliphatic rings. The zero-order valence-corrected chi connectivity index (χ0v) is 45.6. The molecular weight excluding hydrogens is 959 g/mol. The highest BCUT2D eigenvalue weighted by Gasteiger charge is 2.53. The summed E-state index contributed by atoms with van der Waals surface area (Å²) in [6, 6.07) is -1.47. The van der Waals surface area contributed by atoms with E-state index in [9.17, 15) is 54.3 Å². The fourth-order valence-electron chi connectivity index (χ4n) is 10.7. The van der Waals surface area contributed by atoms with Crippen LogP contribution in [-0.2, 0) is 57.2 Å². The van der Waals surface area contributed by atoms with Gasteiger partial charge in [-0.25, -0.2) is 4.79 Å². The van der Waals surface area contributed by atoms with Gasteiger partial charge in [-0.15, -0.1) is 0 Å². The number of methoxy groups -OCH3 is 3. The van der Waals surface area contributed by atoms with Crippen LogP contribution in [0.2, 0.25) is 0 Å². The van der Waals surface area contributed by atoms with Crippen molar-refractivity contribution in [2.75, 3.05) is 41.1 Å². The van der Waals surface area contributed by atoms with Crippen molar-refractivity contribution >= 4 is 35.2 Å². The van der Waals surface area contributed by atoms with E-state index < -0.39 is 127 Å². The predicted molar refractivity (Wildman–Crippen MR) is 273 cm³/mol. The first-order chi connectivity index (χ1) is 34.9. The van der Waals surface area contributed by atoms with Gasteiger partial charge >= 0.3 is 11.9 Å². The molecule has 2 saturated heterocycles. The molecule has 3 fully saturated rings. The molecule has 2 bridgehead atoms. The molecule has 0 radical (unpaired) electrons. The van der Waals surface area contributed by atoms with Gasteiger partial charge in [-0.05, 0) is 101 Å². The van der Waals surface area contributed by atoms with Crippen molar-refractivity contribution in [3.05, 3.63) is 47.6 Å². The number of esters is 2. The van der Waals surface area contributed by atoms with Crippen molar-refractivity contribution in [3.8, 4) is 0 Å². The number of amides is 1. The largest absolute Gasteiger partial charge is 0.460 e. The molecule has 18 heteroatoms. The second-order valence-electron chi connectivity index (χ2n) is 22.0. The Labute approximate surface area is 437 Å². The minimum atomic E-state index is -2.54. The van der Waals surface area contributed by atoms with Crippen LogP contribution in [0, 0.1) is 40.9 Å². The maximum atomic E-state index is 14.6. The van der Waals surface area contributed by atoms with Crippen LogP contribution < -0.4 is 0 Å². The molecule has 0 spiro atoms. The number of rotatable bonds is 10. The van der Waals surface area contributed by atoms with Gasteiger partial charge in [0.15, 0.2) is 5.78 Å². The molecule has 16 atom stereocenters. The van der Waals surface area contributed by atoms with Crippen molar-refractivity contribution < 1.29 is 82.7 Å². The minimum absolute atomic E-state index is 0.0208. The van der Waals surface area contributed by atoms with E-state index in [1.54, 1.807) is 40.9 Å². The van der Waals surface area contributed by atoms with Crippen molar-refractivity contribution in [3.63, 3.8) is 0 Å². The summed E-state index contributed by atoms with van der Waals surface area (Å²) in [4.78, 5) is 85.3. The molecule has 0 aromatic carbocycles. The summed E-state index contributed by atoms with van der Waals surface area (Å²) < 4.78 is 35.3. The minimum Gasteiger partial charge on any atom is -0.460 e. The van der Waals surface area contributed by atoms with Crippen LogP contribution in [0.3, 0.4) is 0 Å². The number of ether oxygens (including phenoxy) is 6. The number of ketones is 3. The van der Waals surface area contributed by atoms with Crippen molar-refractivity contribution in [1.82, 2.24) is 4.90 Å². The molecule has 74 heavy (non-hydrogen) atoms. The number of fused-ring (bicyclic) bond motifs is 3. The summed E-state index contributed by atoms with van der Waals surface area (Å²) in [5.74, 6) is -10.1. The highest BCUT2D eigenvalue weighted by molar-refractivity contribution is 6.39. The van der Waals surface area contributed by atoms with E-state index in [2.05, 4.69) is 0 Å². The maximum Gasteiger partial charge on any atom is 0.329 e. The molecule has 1 saturated carbocycles. The number of nitrogens with zero attached hydrogens (tertiary/aromatic N) is 1. The van der Waals surface area contributed by atoms with Gasteiger partial charge in [0, 0.05) is 64.9 Å². The molecule has 1 unspecified atom stereocenters. The summed E-state index contributed by atoms with van der Waals surface area (Å²) in [5.41, 5.74) is -0.348. The number of hydrogen-bond acceptors (Lipinski definition) is 17. The lowest BCUT2D eigenvalue weighted by Crippen LogP contribution is -2.61. The number of cyclic esters (lactones) is 1. The van der Waals surface area contributed by atoms with Gasteiger partial charge in [0.25, 0.3) is 11.7 Å². The molecule has 5 N–H and O–H groups in total. The third-order valence-electron chi connectivity index (χ3n) is 16.0. The van der Waals surface area contributed by atoms with E-state index in [4.69, 9.17) is 28.4 Å². The number of aliphatic hydroxyl groups is 5. The molecule has 1 amide bonds. The maximum absolute atomic E-state index is 14.6. The van der Waals surface area contributed by atoms with Crippen molar-refractivity contribution in [2.24, 2.45) is 40.9 Å². The van der Waals surface area contributed by atoms with E-state index in [-0.39, 0.29) is 55.6 Å². The molecule has 18 nitrogen and oxygen atoms in total. The summed E-state index contributed by atoms with van der Waals surface area (Å²) in [6.07, 6.45) is 6.52. The Bertz CT molecular complexity index is 2050. The zero-order chi connectivity index (χ0) is 55.2. The van der Waals surface area contributed by atoms with Gasteiger partial charge in [-0.2, -0.15) is 0 Å². The highest BCUT2D eigenvalue weighted by Crippen LogP contribution is 2.38. The standard InChI is InChI=1S/C56H87NO17/c1-32-15-13-12-14-16-33(2)45(69-9)28-41-19-17-38(7)56(68,74-41)51(64)52(65)57-22-21-40(60)27-42(57)53(66)72-46(29-43(61)34(3)24-37(6)49(63)50(71-11)48(62)36(5)23-32)35(4)25-39-18-20-44(47(26-39)70-10)73-54(67)55(8,30-58)31-59/h12-16,24,32,34-36,38-42,44-47,49-50,58-60,63,68H,17-23,25-31H2,1-11H3/b14-12+,15-13+,33-16+,37-24+/t32-,34-,35-,36-,38-,39+,40?,41+,42+,44+,45+,46+,47-,49-,50+,56-/m1/s1. The number of aliphatic hydroxyl groups excluding tert-OH is 4. The zero-order valence-electron chi connectivity index (χ0n) is 45.6. The molecule has 0 aromatic rings. The fourth-order valence-corrected chi connectivity index (χ4v) is 10.7. The Morgan fingerprint density at radius 2 is 1.54 bits per heavy atom. The molecular formula is C56H87NO17. The van der Waals surface area contributed by atoms with E-state index in [0.717, 1.165) is 10.5 Å². The predicted octanol–water partition coefficient (Wildman–Crippen LogP) is 4.69. The Hall–Kier alpha value is -3.98. The number of carbonyl (C=O) groups is 6. The van der Waals surface area contributed by atoms with Gasteiger partial charge in [0.05, 0.1) is 37.6 Å². The van der Waals surface area contributed by atoms with Crippen LogP contribution >= 0.6 is 0 Å². The Balaban J connectivity index is 1.71. The molecule has 4 rings (SSSR count). The van der Waals surface area contributed by atoms with Crippen molar-refractivity contribution in [2.45, 2.75) is 187 Å². The average molecular weight is 1050 g/mol. The second kappa shape index (κ2) is 28.4. The number of piperidine rings is 1. The quantitative estimate of drug-likeness (QED) is 0.113. The number of hydrogen-bond donors (Lipinski definition) is 5. The lowest BCUT2D eigenvalue weighted by atomic mass is 9.78. The first-order valence-electron chi connectivity index (χ1n) is 26.5. The summed E-state index contributed by atoms with van der Waals surface area (Å²) in [6.45, 7) is 12.3. The first-order valence-corrected chi connectivity index (χ1v) is 26.5. The fraction of sp³-hybridized carbons (Fsp3) is 0.750. The van der Waals surface area contributed by atoms with E-state index in [0.29, 0.717) is 50.5 Å². The number of Topliss-reactive ketones (excluding diaryl/α,β-unsaturated/α-hetero) is 3. The van der Waals surface area contributed by atoms with Gasteiger partial charge in [-0.1, -0.05) is 71.1 Å². The number of allylic oxidation sites excluding steroid dienone is 6. The van der Waals surface area contributed by atoms with Gasteiger partial charge in [0.1, 0.15) is 41.7 Å². The van der Waals surface area contributed by atoms with Crippen LogP contribution in [0.5, 0.6) is 0 Å². The lowest BCUT2D eigenvalue weighted by Gasteiger charge is -2.43. The SMILES string of the molecule is CO[C@H]1C[C@@H]2CC[C@@H](C)[C@@](O)(O2)C(=O)C(=O)N2CCC(O)C[C@H]2C(=O)O[C@H]([C@H](C)C[C@@H]2CC[C@H](OC(=O)C(C)(CO)CO)[C@H](OC)C2)CC(=O)[C@H](C)/C=C(\C)[C@@H](O)[C@@H](OC)C(=O)[C@H](C)C[C@H](C)/C=C/C=C/C=C/1C. The summed E-state index contributed by atoms with van der Waals surface area (Å²) in [5, 5.41) is 54.0. The Morgan fingerprint density at radius 1 is 0.851 bits per heavy atom. The molecule has 418 valence electrons. The van der Waals surface area contributed by atoms with E-state index in [1.807, 2.05) is 51.2 Å². The second-order valence-corrected chi connectivity index (χ2v) is 22.0. The number of carbonyl (C=O) groups excluding carboxylic acids is 6. The average Bonchev–Trinajstić information content (AvgIpc) is 3.37. The van der Waals surface area contributed by atoms with Crippen LogP contribution in [0.25, 0.3) is 0 Å². The molecule has 1 aliphatic carbocycles. The van der Waals surface area contributed by atoms with Crippen LogP contribution in [0.15, 0.2) is 47.6 Å². The van der Waals surface area contributed by atoms with Crippen LogP contribution in [0.4, 0.5) is 0 Å².